The number of benzene rings is 8. The highest BCUT2D eigenvalue weighted by molar-refractivity contribution is 5.96. The minimum atomic E-state index is -0.398. The van der Waals surface area contributed by atoms with Crippen LogP contribution in [0.15, 0.2) is 218 Å². The summed E-state index contributed by atoms with van der Waals surface area (Å²) >= 11 is 0. The Balaban J connectivity index is 0.00000239. The molecule has 0 bridgehead atoms. The van der Waals surface area contributed by atoms with E-state index >= 15 is 0 Å². The maximum Gasteiger partial charge on any atom is 0.160 e. The van der Waals surface area contributed by atoms with Gasteiger partial charge in [0.2, 0.25) is 0 Å². The van der Waals surface area contributed by atoms with Crippen LogP contribution in [-0.4, -0.2) is 9.97 Å². The van der Waals surface area contributed by atoms with Crippen molar-refractivity contribution in [3.63, 3.8) is 0 Å². The number of allylic oxidation sites excluding steroid dienone is 4. The Hall–Kier alpha value is -7.68. The van der Waals surface area contributed by atoms with E-state index in [1.165, 1.54) is 50.1 Å². The molecule has 1 spiro atoms. The average molecular weight is 823 g/mol. The summed E-state index contributed by atoms with van der Waals surface area (Å²) in [6.07, 6.45) is 7.39. The molecular weight excluding hydrogens is 773 g/mol. The highest BCUT2D eigenvalue weighted by Gasteiger charge is 2.51. The first-order valence-corrected chi connectivity index (χ1v) is 22.7. The summed E-state index contributed by atoms with van der Waals surface area (Å²) in [6.45, 7) is 8.24. The first-order chi connectivity index (χ1) is 31.6. The first-order valence-electron chi connectivity index (χ1n) is 22.7. The van der Waals surface area contributed by atoms with Gasteiger partial charge < -0.3 is 0 Å². The van der Waals surface area contributed by atoms with Gasteiger partial charge in [-0.2, -0.15) is 0 Å². The molecule has 0 fully saturated rings. The largest absolute Gasteiger partial charge is 0.228 e. The third-order valence-electron chi connectivity index (χ3n) is 12.7. The molecule has 0 N–H and O–H groups in total. The van der Waals surface area contributed by atoms with Crippen molar-refractivity contribution in [2.24, 2.45) is 0 Å². The predicted molar refractivity (Wildman–Crippen MR) is 270 cm³/mol. The normalized spacial score (nSPS) is 12.9. The minimum Gasteiger partial charge on any atom is -0.228 e. The topological polar surface area (TPSA) is 25.8 Å². The van der Waals surface area contributed by atoms with Crippen LogP contribution in [0.1, 0.15) is 62.1 Å². The number of hydrogen-bond donors (Lipinski definition) is 0. The fourth-order valence-corrected chi connectivity index (χ4v) is 10.0. The smallest absolute Gasteiger partial charge is 0.160 e. The van der Waals surface area contributed by atoms with E-state index in [2.05, 4.69) is 232 Å². The zero-order valence-corrected chi connectivity index (χ0v) is 36.9. The van der Waals surface area contributed by atoms with Crippen molar-refractivity contribution >= 4 is 5.57 Å². The Morgan fingerprint density at radius 1 is 0.422 bits per heavy atom. The van der Waals surface area contributed by atoms with Gasteiger partial charge in [-0.1, -0.05) is 203 Å². The summed E-state index contributed by atoms with van der Waals surface area (Å²) in [6, 6.07) is 73.1. The fourth-order valence-electron chi connectivity index (χ4n) is 10.0. The molecule has 0 amide bonds. The SMILES string of the molecule is C/C=C\C(=C/CC)c1cc(-c2cccc(-c3ccc4c(c3)C3(c5ccccc5-c5ccccc53)c3ccccc3-4)c2)nc(-c2cc(-c3ccccc3)cc(-c3ccccc3)c2)n1.CC. The lowest BCUT2D eigenvalue weighted by Crippen LogP contribution is -2.25. The molecule has 64 heavy (non-hydrogen) atoms. The molecule has 0 aliphatic heterocycles. The van der Waals surface area contributed by atoms with Gasteiger partial charge in [-0.15, -0.1) is 0 Å². The van der Waals surface area contributed by atoms with Gasteiger partial charge in [-0.3, -0.25) is 0 Å². The lowest BCUT2D eigenvalue weighted by atomic mass is 9.70. The fraction of sp³-hybridized carbons (Fsp3) is 0.0968. The van der Waals surface area contributed by atoms with Gasteiger partial charge in [-0.25, -0.2) is 9.97 Å². The van der Waals surface area contributed by atoms with E-state index in [-0.39, 0.29) is 0 Å². The van der Waals surface area contributed by atoms with Crippen molar-refractivity contribution in [3.8, 4) is 78.3 Å². The van der Waals surface area contributed by atoms with Crippen molar-refractivity contribution in [1.29, 1.82) is 0 Å². The Labute approximate surface area is 378 Å². The van der Waals surface area contributed by atoms with Crippen LogP contribution in [-0.2, 0) is 5.41 Å². The highest BCUT2D eigenvalue weighted by atomic mass is 14.9. The number of hydrogen-bond acceptors (Lipinski definition) is 2. The van der Waals surface area contributed by atoms with Crippen molar-refractivity contribution in [1.82, 2.24) is 9.97 Å². The van der Waals surface area contributed by atoms with Gasteiger partial charge in [0.1, 0.15) is 0 Å². The van der Waals surface area contributed by atoms with Gasteiger partial charge in [0, 0.05) is 11.1 Å². The molecule has 0 saturated heterocycles. The molecule has 0 saturated carbocycles. The molecule has 2 aliphatic rings. The maximum absolute atomic E-state index is 5.41. The second kappa shape index (κ2) is 17.2. The van der Waals surface area contributed by atoms with E-state index in [1.54, 1.807) is 0 Å². The van der Waals surface area contributed by atoms with Gasteiger partial charge in [0.25, 0.3) is 0 Å². The Morgan fingerprint density at radius 2 is 0.891 bits per heavy atom. The number of aromatic nitrogens is 2. The number of rotatable bonds is 8. The monoisotopic (exact) mass is 822 g/mol. The molecule has 0 radical (unpaired) electrons. The average Bonchev–Trinajstić information content (AvgIpc) is 3.84. The van der Waals surface area contributed by atoms with E-state index in [0.29, 0.717) is 5.82 Å². The lowest BCUT2D eigenvalue weighted by molar-refractivity contribution is 0.794. The summed E-state index contributed by atoms with van der Waals surface area (Å²) in [5, 5.41) is 0. The molecule has 308 valence electrons. The van der Waals surface area contributed by atoms with E-state index in [4.69, 9.17) is 9.97 Å². The third kappa shape index (κ3) is 6.83. The number of fused-ring (bicyclic) bond motifs is 10. The molecule has 9 aromatic rings. The summed E-state index contributed by atoms with van der Waals surface area (Å²) in [4.78, 5) is 10.7. The van der Waals surface area contributed by atoms with Crippen LogP contribution in [0.5, 0.6) is 0 Å². The van der Waals surface area contributed by atoms with Gasteiger partial charge in [0.05, 0.1) is 16.8 Å². The molecule has 8 aromatic carbocycles. The summed E-state index contributed by atoms with van der Waals surface area (Å²) < 4.78 is 0. The molecular formula is C62H50N2. The van der Waals surface area contributed by atoms with E-state index < -0.39 is 5.41 Å². The van der Waals surface area contributed by atoms with Crippen LogP contribution in [0.3, 0.4) is 0 Å². The van der Waals surface area contributed by atoms with E-state index in [0.717, 1.165) is 62.3 Å². The zero-order valence-electron chi connectivity index (χ0n) is 36.9. The van der Waals surface area contributed by atoms with Crippen LogP contribution in [0.4, 0.5) is 0 Å². The molecule has 11 rings (SSSR count). The Morgan fingerprint density at radius 3 is 1.45 bits per heavy atom. The molecule has 2 nitrogen and oxygen atoms in total. The van der Waals surface area contributed by atoms with Crippen LogP contribution in [0.25, 0.3) is 83.9 Å². The van der Waals surface area contributed by atoms with Crippen LogP contribution in [0, 0.1) is 0 Å². The predicted octanol–water partition coefficient (Wildman–Crippen LogP) is 16.6. The second-order valence-corrected chi connectivity index (χ2v) is 16.3. The lowest BCUT2D eigenvalue weighted by Gasteiger charge is -2.30. The highest BCUT2D eigenvalue weighted by Crippen LogP contribution is 2.63. The minimum absolute atomic E-state index is 0.398. The van der Waals surface area contributed by atoms with Crippen molar-refractivity contribution in [3.05, 3.63) is 246 Å². The van der Waals surface area contributed by atoms with Gasteiger partial charge in [-0.05, 0) is 133 Å². The molecule has 0 atom stereocenters. The third-order valence-corrected chi connectivity index (χ3v) is 12.7. The quantitative estimate of drug-likeness (QED) is 0.143. The molecule has 2 heteroatoms. The van der Waals surface area contributed by atoms with Crippen LogP contribution >= 0.6 is 0 Å². The summed E-state index contributed by atoms with van der Waals surface area (Å²) in [7, 11) is 0. The Bertz CT molecular complexity index is 3110. The standard InChI is InChI=1S/C60H44N2.C2H6/c1-3-18-42(19-4-2)57-39-58(62-59(61-57)48-36-46(40-20-7-5-8-21-40)35-47(37-48)41-22-9-6-10-23-41)45-25-17-24-43(34-45)44-32-33-52-51-28-13-16-31-55(51)60(56(52)38-44)53-29-14-11-26-49(53)50-27-12-15-30-54(50)60;1-2/h3,5-39H,4H2,1-2H3;1-2H3/b18-3-,42-19+;. The van der Waals surface area contributed by atoms with E-state index in [9.17, 15) is 0 Å². The Kier molecular flexibility index (Phi) is 10.9. The van der Waals surface area contributed by atoms with Crippen LogP contribution < -0.4 is 0 Å². The number of nitrogens with zero attached hydrogens (tertiary/aromatic N) is 2. The molecule has 1 aromatic heterocycles. The van der Waals surface area contributed by atoms with Crippen molar-refractivity contribution in [2.75, 3.05) is 0 Å². The molecule has 1 heterocycles. The van der Waals surface area contributed by atoms with Crippen molar-refractivity contribution < 1.29 is 0 Å². The maximum atomic E-state index is 5.41. The first kappa shape index (κ1) is 40.4. The summed E-state index contributed by atoms with van der Waals surface area (Å²) in [5.41, 5.74) is 22.0. The van der Waals surface area contributed by atoms with Crippen molar-refractivity contribution in [2.45, 2.75) is 39.5 Å². The van der Waals surface area contributed by atoms with Crippen LogP contribution in [0.2, 0.25) is 0 Å². The molecule has 2 aliphatic carbocycles. The molecule has 0 unspecified atom stereocenters. The van der Waals surface area contributed by atoms with Gasteiger partial charge in [0.15, 0.2) is 5.82 Å². The van der Waals surface area contributed by atoms with E-state index in [1.807, 2.05) is 13.8 Å². The zero-order chi connectivity index (χ0) is 43.6. The van der Waals surface area contributed by atoms with Gasteiger partial charge >= 0.3 is 0 Å². The second-order valence-electron chi connectivity index (χ2n) is 16.3. The summed E-state index contributed by atoms with van der Waals surface area (Å²) in [5.74, 6) is 0.695.